The number of rotatable bonds is 6. The van der Waals surface area contributed by atoms with Gasteiger partial charge in [-0.1, -0.05) is 0 Å². The maximum atomic E-state index is 11.7. The molecule has 0 saturated carbocycles. The number of benzene rings is 1. The lowest BCUT2D eigenvalue weighted by Crippen LogP contribution is -2.41. The summed E-state index contributed by atoms with van der Waals surface area (Å²) in [6.07, 6.45) is 1.33. The van der Waals surface area contributed by atoms with Crippen LogP contribution in [0.1, 0.15) is 19.4 Å². The van der Waals surface area contributed by atoms with Crippen molar-refractivity contribution < 1.29 is 19.4 Å². The predicted molar refractivity (Wildman–Crippen MR) is 81.5 cm³/mol. The Labute approximate surface area is 128 Å². The highest BCUT2D eigenvalue weighted by Crippen LogP contribution is 2.25. The average Bonchev–Trinajstić information content (AvgIpc) is 2.51. The van der Waals surface area contributed by atoms with Gasteiger partial charge in [0.15, 0.2) is 11.5 Å². The smallest absolute Gasteiger partial charge is 0.329 e. The Hall–Kier alpha value is -2.61. The van der Waals surface area contributed by atoms with Gasteiger partial charge in [0, 0.05) is 13.1 Å². The fraction of sp³-hybridized carbons (Fsp3) is 0.357. The van der Waals surface area contributed by atoms with Crippen molar-refractivity contribution in [3.8, 4) is 11.5 Å². The van der Waals surface area contributed by atoms with Gasteiger partial charge in [-0.15, -0.1) is 0 Å². The van der Waals surface area contributed by atoms with Crippen LogP contribution in [0.4, 0.5) is 0 Å². The number of phenolic OH excluding ortho intramolecular Hbond substituents is 1. The number of nitrogens with one attached hydrogen (secondary N) is 1. The quantitative estimate of drug-likeness (QED) is 0.296. The highest BCUT2D eigenvalue weighted by Gasteiger charge is 2.18. The number of ether oxygens (including phenoxy) is 1. The lowest BCUT2D eigenvalue weighted by atomic mass is 10.2. The molecule has 4 N–H and O–H groups in total. The Bertz CT molecular complexity index is 556. The maximum Gasteiger partial charge on any atom is 0.329 e. The lowest BCUT2D eigenvalue weighted by Gasteiger charge is -2.16. The minimum Gasteiger partial charge on any atom is -0.504 e. The summed E-state index contributed by atoms with van der Waals surface area (Å²) in [5, 5.41) is 13.2. The Balaban J connectivity index is 2.67. The van der Waals surface area contributed by atoms with Crippen molar-refractivity contribution in [1.29, 1.82) is 0 Å². The summed E-state index contributed by atoms with van der Waals surface area (Å²) in [5.41, 5.74) is 7.97. The third-order valence-electron chi connectivity index (χ3n) is 2.85. The molecule has 120 valence electrons. The topological polar surface area (TPSA) is 117 Å². The fourth-order valence-electron chi connectivity index (χ4n) is 1.68. The minimum absolute atomic E-state index is 0.0525. The van der Waals surface area contributed by atoms with Crippen LogP contribution in [0.15, 0.2) is 23.3 Å². The molecule has 0 fully saturated rings. The number of aromatic hydroxyl groups is 1. The van der Waals surface area contributed by atoms with Crippen molar-refractivity contribution in [2.75, 3.05) is 19.8 Å². The molecular weight excluding hydrogens is 288 g/mol. The van der Waals surface area contributed by atoms with Crippen molar-refractivity contribution in [2.45, 2.75) is 13.8 Å². The Morgan fingerprint density at radius 1 is 1.41 bits per heavy atom. The second-order valence-corrected chi connectivity index (χ2v) is 4.21. The van der Waals surface area contributed by atoms with E-state index in [2.05, 4.69) is 10.5 Å². The van der Waals surface area contributed by atoms with Crippen LogP contribution >= 0.6 is 0 Å². The van der Waals surface area contributed by atoms with E-state index >= 15 is 0 Å². The number of hydrogen-bond donors (Lipinski definition) is 3. The number of likely N-dealkylation sites (N-methyl/N-ethyl adjacent to an activating group) is 1. The first kappa shape index (κ1) is 17.4. The fourth-order valence-corrected chi connectivity index (χ4v) is 1.68. The standard InChI is InChI=1S/C14H20N4O4/c1-3-18(4-2)14(21)13(20)17-16-8-10-5-6-11(19)12(7-10)22-9-15/h5-8,19H,3-4,9,15H2,1-2H3,(H,17,20)/b16-8+. The van der Waals surface area contributed by atoms with Crippen molar-refractivity contribution in [1.82, 2.24) is 10.3 Å². The summed E-state index contributed by atoms with van der Waals surface area (Å²) < 4.78 is 5.02. The van der Waals surface area contributed by atoms with E-state index in [1.54, 1.807) is 19.9 Å². The molecule has 0 radical (unpaired) electrons. The summed E-state index contributed by atoms with van der Waals surface area (Å²) >= 11 is 0. The van der Waals surface area contributed by atoms with Crippen LogP contribution in [0, 0.1) is 0 Å². The van der Waals surface area contributed by atoms with Gasteiger partial charge in [-0.05, 0) is 37.6 Å². The molecule has 0 unspecified atom stereocenters. The number of nitrogens with two attached hydrogens (primary N) is 1. The highest BCUT2D eigenvalue weighted by atomic mass is 16.5. The van der Waals surface area contributed by atoms with E-state index in [0.717, 1.165) is 0 Å². The van der Waals surface area contributed by atoms with Gasteiger partial charge >= 0.3 is 11.8 Å². The predicted octanol–water partition coefficient (Wildman–Crippen LogP) is 0.00570. The summed E-state index contributed by atoms with van der Waals surface area (Å²) in [5.74, 6) is -1.29. The van der Waals surface area contributed by atoms with Gasteiger partial charge in [-0.2, -0.15) is 5.10 Å². The van der Waals surface area contributed by atoms with Gasteiger partial charge in [0.2, 0.25) is 0 Å². The van der Waals surface area contributed by atoms with Gasteiger partial charge in [0.1, 0.15) is 6.73 Å². The first-order valence-electron chi connectivity index (χ1n) is 6.81. The molecule has 0 aliphatic heterocycles. The molecule has 1 rings (SSSR count). The molecule has 0 heterocycles. The van der Waals surface area contributed by atoms with E-state index in [4.69, 9.17) is 10.5 Å². The monoisotopic (exact) mass is 308 g/mol. The molecule has 0 bridgehead atoms. The van der Waals surface area contributed by atoms with Crippen molar-refractivity contribution in [3.63, 3.8) is 0 Å². The van der Waals surface area contributed by atoms with E-state index in [1.807, 2.05) is 0 Å². The molecule has 2 amide bonds. The van der Waals surface area contributed by atoms with E-state index in [9.17, 15) is 14.7 Å². The molecule has 1 aromatic rings. The molecule has 0 aliphatic carbocycles. The minimum atomic E-state index is -0.808. The highest BCUT2D eigenvalue weighted by molar-refractivity contribution is 6.34. The lowest BCUT2D eigenvalue weighted by molar-refractivity contribution is -0.145. The largest absolute Gasteiger partial charge is 0.504 e. The maximum absolute atomic E-state index is 11.7. The number of hydrogen-bond acceptors (Lipinski definition) is 6. The van der Waals surface area contributed by atoms with Gasteiger partial charge < -0.3 is 14.7 Å². The number of nitrogens with zero attached hydrogens (tertiary/aromatic N) is 2. The van der Waals surface area contributed by atoms with Gasteiger partial charge in [0.05, 0.1) is 6.21 Å². The van der Waals surface area contributed by atoms with Crippen LogP contribution in [-0.4, -0.2) is 47.9 Å². The Morgan fingerprint density at radius 3 is 2.68 bits per heavy atom. The molecule has 8 heteroatoms. The molecule has 22 heavy (non-hydrogen) atoms. The van der Waals surface area contributed by atoms with Gasteiger partial charge in [-0.3, -0.25) is 15.3 Å². The molecule has 0 saturated heterocycles. The molecule has 1 aromatic carbocycles. The SMILES string of the molecule is CCN(CC)C(=O)C(=O)N/N=C/c1ccc(O)c(OCN)c1. The van der Waals surface area contributed by atoms with Crippen LogP contribution in [0.25, 0.3) is 0 Å². The second kappa shape index (κ2) is 8.63. The van der Waals surface area contributed by atoms with E-state index in [-0.39, 0.29) is 18.2 Å². The summed E-state index contributed by atoms with van der Waals surface area (Å²) in [4.78, 5) is 24.7. The Morgan fingerprint density at radius 2 is 2.09 bits per heavy atom. The van der Waals surface area contributed by atoms with Gasteiger partial charge in [-0.25, -0.2) is 5.43 Å². The van der Waals surface area contributed by atoms with Crippen molar-refractivity contribution in [2.24, 2.45) is 10.8 Å². The van der Waals surface area contributed by atoms with Crippen LogP contribution in [0.3, 0.4) is 0 Å². The molecule has 0 aliphatic rings. The molecular formula is C14H20N4O4. The van der Waals surface area contributed by atoms with E-state index in [0.29, 0.717) is 18.7 Å². The number of hydrazone groups is 1. The van der Waals surface area contributed by atoms with Crippen LogP contribution in [-0.2, 0) is 9.59 Å². The van der Waals surface area contributed by atoms with Crippen molar-refractivity contribution in [3.05, 3.63) is 23.8 Å². The molecule has 8 nitrogen and oxygen atoms in total. The summed E-state index contributed by atoms with van der Waals surface area (Å²) in [6, 6.07) is 4.49. The Kier molecular flexibility index (Phi) is 6.84. The van der Waals surface area contributed by atoms with Gasteiger partial charge in [0.25, 0.3) is 0 Å². The zero-order valence-electron chi connectivity index (χ0n) is 12.6. The zero-order valence-corrected chi connectivity index (χ0v) is 12.6. The zero-order chi connectivity index (χ0) is 16.5. The summed E-state index contributed by atoms with van der Waals surface area (Å²) in [7, 11) is 0. The normalized spacial score (nSPS) is 10.5. The van der Waals surface area contributed by atoms with Crippen LogP contribution in [0.5, 0.6) is 11.5 Å². The molecule has 0 atom stereocenters. The first-order valence-corrected chi connectivity index (χ1v) is 6.81. The van der Waals surface area contributed by atoms with Crippen LogP contribution in [0.2, 0.25) is 0 Å². The van der Waals surface area contributed by atoms with E-state index < -0.39 is 11.8 Å². The number of carbonyl (C=O) groups excluding carboxylic acids is 2. The first-order chi connectivity index (χ1) is 10.5. The second-order valence-electron chi connectivity index (χ2n) is 4.21. The average molecular weight is 308 g/mol. The molecule has 0 aromatic heterocycles. The third kappa shape index (κ3) is 4.74. The number of phenols is 1. The van der Waals surface area contributed by atoms with E-state index in [1.165, 1.54) is 23.2 Å². The summed E-state index contributed by atoms with van der Waals surface area (Å²) in [6.45, 7) is 4.39. The molecule has 0 spiro atoms. The number of carbonyl (C=O) groups is 2. The van der Waals surface area contributed by atoms with Crippen LogP contribution < -0.4 is 15.9 Å². The van der Waals surface area contributed by atoms with Crippen molar-refractivity contribution >= 4 is 18.0 Å². The number of amides is 2. The third-order valence-corrected chi connectivity index (χ3v) is 2.85.